The van der Waals surface area contributed by atoms with Gasteiger partial charge in [0, 0.05) is 11.8 Å². The Morgan fingerprint density at radius 3 is 1.82 bits per heavy atom. The summed E-state index contributed by atoms with van der Waals surface area (Å²) in [6.07, 6.45) is 8.07. The molecule has 2 aromatic carbocycles. The lowest BCUT2D eigenvalue weighted by Crippen LogP contribution is -2.24. The SMILES string of the molecule is C=C/C=C/C(CC#N)(Cc1ccccc1)Cc1ccccc1. The van der Waals surface area contributed by atoms with Crippen LogP contribution in [0.2, 0.25) is 0 Å². The van der Waals surface area contributed by atoms with Crippen LogP contribution in [0.4, 0.5) is 0 Å². The standard InChI is InChI=1S/C21H21N/c1-2-3-14-21(15-16-22,17-19-10-6-4-7-11-19)18-20-12-8-5-9-13-20/h2-14H,1,15,17-18H2/b14-3+. The predicted molar refractivity (Wildman–Crippen MR) is 92.3 cm³/mol. The van der Waals surface area contributed by atoms with Crippen molar-refractivity contribution in [1.29, 1.82) is 5.26 Å². The van der Waals surface area contributed by atoms with Gasteiger partial charge in [-0.25, -0.2) is 0 Å². The predicted octanol–water partition coefficient (Wildman–Crippen LogP) is 5.11. The summed E-state index contributed by atoms with van der Waals surface area (Å²) in [7, 11) is 0. The first kappa shape index (κ1) is 15.8. The van der Waals surface area contributed by atoms with Crippen LogP contribution in [-0.2, 0) is 12.8 Å². The second-order valence-electron chi connectivity index (χ2n) is 5.62. The molecule has 0 aromatic heterocycles. The minimum Gasteiger partial charge on any atom is -0.198 e. The van der Waals surface area contributed by atoms with Gasteiger partial charge in [0.15, 0.2) is 0 Å². The van der Waals surface area contributed by atoms with Crippen LogP contribution in [0.1, 0.15) is 17.5 Å². The third-order valence-electron chi connectivity index (χ3n) is 3.82. The molecule has 0 radical (unpaired) electrons. The average Bonchev–Trinajstić information content (AvgIpc) is 2.55. The van der Waals surface area contributed by atoms with Crippen molar-refractivity contribution in [1.82, 2.24) is 0 Å². The normalized spacial score (nSPS) is 11.2. The zero-order valence-electron chi connectivity index (χ0n) is 12.8. The van der Waals surface area contributed by atoms with E-state index in [4.69, 9.17) is 0 Å². The van der Waals surface area contributed by atoms with Gasteiger partial charge in [0.25, 0.3) is 0 Å². The van der Waals surface area contributed by atoms with E-state index in [0.717, 1.165) is 12.8 Å². The molecule has 0 fully saturated rings. The minimum atomic E-state index is -0.203. The molecule has 0 bridgehead atoms. The second-order valence-corrected chi connectivity index (χ2v) is 5.62. The first-order valence-electron chi connectivity index (χ1n) is 7.53. The van der Waals surface area contributed by atoms with Gasteiger partial charge in [-0.2, -0.15) is 5.26 Å². The maximum Gasteiger partial charge on any atom is 0.0631 e. The van der Waals surface area contributed by atoms with Gasteiger partial charge >= 0.3 is 0 Å². The number of hydrogen-bond donors (Lipinski definition) is 0. The molecule has 2 aromatic rings. The third-order valence-corrected chi connectivity index (χ3v) is 3.82. The number of hydrogen-bond acceptors (Lipinski definition) is 1. The van der Waals surface area contributed by atoms with E-state index in [9.17, 15) is 5.26 Å². The summed E-state index contributed by atoms with van der Waals surface area (Å²) < 4.78 is 0. The Morgan fingerprint density at radius 2 is 1.41 bits per heavy atom. The molecule has 0 atom stereocenters. The van der Waals surface area contributed by atoms with Crippen molar-refractivity contribution >= 4 is 0 Å². The summed E-state index contributed by atoms with van der Waals surface area (Å²) in [4.78, 5) is 0. The molecule has 22 heavy (non-hydrogen) atoms. The summed E-state index contributed by atoms with van der Waals surface area (Å²) in [5.41, 5.74) is 2.30. The van der Waals surface area contributed by atoms with Gasteiger partial charge in [-0.15, -0.1) is 0 Å². The first-order chi connectivity index (χ1) is 10.8. The van der Waals surface area contributed by atoms with E-state index in [1.807, 2.05) is 42.5 Å². The van der Waals surface area contributed by atoms with E-state index >= 15 is 0 Å². The van der Waals surface area contributed by atoms with E-state index in [-0.39, 0.29) is 5.41 Å². The van der Waals surface area contributed by atoms with Gasteiger partial charge in [-0.3, -0.25) is 0 Å². The zero-order valence-corrected chi connectivity index (χ0v) is 12.8. The summed E-state index contributed by atoms with van der Waals surface area (Å²) in [5.74, 6) is 0. The molecule has 0 aliphatic heterocycles. The summed E-state index contributed by atoms with van der Waals surface area (Å²) in [5, 5.41) is 9.35. The smallest absolute Gasteiger partial charge is 0.0631 e. The van der Waals surface area contributed by atoms with E-state index in [1.54, 1.807) is 6.08 Å². The Morgan fingerprint density at radius 1 is 0.909 bits per heavy atom. The highest BCUT2D eigenvalue weighted by atomic mass is 14.3. The summed E-state index contributed by atoms with van der Waals surface area (Å²) in [6, 6.07) is 23.1. The fraction of sp³-hybridized carbons (Fsp3) is 0.190. The quantitative estimate of drug-likeness (QED) is 0.649. The van der Waals surface area contributed by atoms with Crippen molar-refractivity contribution < 1.29 is 0 Å². The molecule has 0 spiro atoms. The summed E-state index contributed by atoms with van der Waals surface area (Å²) >= 11 is 0. The number of benzene rings is 2. The van der Waals surface area contributed by atoms with Gasteiger partial charge in [0.2, 0.25) is 0 Å². The van der Waals surface area contributed by atoms with E-state index < -0.39 is 0 Å². The molecular formula is C21H21N. The van der Waals surface area contributed by atoms with Crippen molar-refractivity contribution in [3.63, 3.8) is 0 Å². The van der Waals surface area contributed by atoms with Crippen LogP contribution >= 0.6 is 0 Å². The second kappa shape index (κ2) is 8.00. The molecule has 0 unspecified atom stereocenters. The lowest BCUT2D eigenvalue weighted by atomic mass is 9.74. The molecule has 0 saturated heterocycles. The highest BCUT2D eigenvalue weighted by molar-refractivity contribution is 5.25. The van der Waals surface area contributed by atoms with Crippen LogP contribution in [0.15, 0.2) is 85.5 Å². The molecule has 0 aliphatic rings. The molecule has 110 valence electrons. The Hall–Kier alpha value is -2.59. The lowest BCUT2D eigenvalue weighted by molar-refractivity contribution is 0.385. The molecule has 0 N–H and O–H groups in total. The molecule has 0 saturated carbocycles. The third kappa shape index (κ3) is 4.46. The topological polar surface area (TPSA) is 23.8 Å². The largest absolute Gasteiger partial charge is 0.198 e. The fourth-order valence-electron chi connectivity index (χ4n) is 2.80. The number of nitriles is 1. The molecular weight excluding hydrogens is 266 g/mol. The van der Waals surface area contributed by atoms with Crippen LogP contribution in [-0.4, -0.2) is 0 Å². The number of rotatable bonds is 7. The van der Waals surface area contributed by atoms with E-state index in [0.29, 0.717) is 6.42 Å². The van der Waals surface area contributed by atoms with Gasteiger partial charge in [0.05, 0.1) is 6.07 Å². The molecule has 0 heterocycles. The van der Waals surface area contributed by atoms with Crippen LogP contribution in [0.5, 0.6) is 0 Å². The Labute approximate surface area is 133 Å². The van der Waals surface area contributed by atoms with Gasteiger partial charge < -0.3 is 0 Å². The lowest BCUT2D eigenvalue weighted by Gasteiger charge is -2.29. The molecule has 2 rings (SSSR count). The summed E-state index contributed by atoms with van der Waals surface area (Å²) in [6.45, 7) is 3.77. The maximum atomic E-state index is 9.35. The van der Waals surface area contributed by atoms with Gasteiger partial charge in [-0.1, -0.05) is 85.5 Å². The Kier molecular flexibility index (Phi) is 5.74. The number of nitrogens with zero attached hydrogens (tertiary/aromatic N) is 1. The monoisotopic (exact) mass is 287 g/mol. The highest BCUT2D eigenvalue weighted by Crippen LogP contribution is 2.33. The van der Waals surface area contributed by atoms with Crippen molar-refractivity contribution in [2.24, 2.45) is 5.41 Å². The average molecular weight is 287 g/mol. The minimum absolute atomic E-state index is 0.203. The first-order valence-corrected chi connectivity index (χ1v) is 7.53. The van der Waals surface area contributed by atoms with Crippen molar-refractivity contribution in [2.45, 2.75) is 19.3 Å². The highest BCUT2D eigenvalue weighted by Gasteiger charge is 2.27. The Balaban J connectivity index is 2.34. The molecule has 1 heteroatoms. The van der Waals surface area contributed by atoms with Crippen LogP contribution < -0.4 is 0 Å². The van der Waals surface area contributed by atoms with Crippen LogP contribution in [0.25, 0.3) is 0 Å². The Bertz CT molecular complexity index is 606. The fourth-order valence-corrected chi connectivity index (χ4v) is 2.80. The van der Waals surface area contributed by atoms with Gasteiger partial charge in [-0.05, 0) is 24.0 Å². The van der Waals surface area contributed by atoms with E-state index in [2.05, 4.69) is 43.0 Å². The van der Waals surface area contributed by atoms with Gasteiger partial charge in [0.1, 0.15) is 0 Å². The van der Waals surface area contributed by atoms with Crippen LogP contribution in [0.3, 0.4) is 0 Å². The maximum absolute atomic E-state index is 9.35. The molecule has 0 amide bonds. The molecule has 1 nitrogen and oxygen atoms in total. The molecule has 0 aliphatic carbocycles. The number of allylic oxidation sites excluding steroid dienone is 3. The van der Waals surface area contributed by atoms with E-state index in [1.165, 1.54) is 11.1 Å². The van der Waals surface area contributed by atoms with Crippen molar-refractivity contribution in [3.05, 3.63) is 96.6 Å². The van der Waals surface area contributed by atoms with Crippen molar-refractivity contribution in [3.8, 4) is 6.07 Å². The van der Waals surface area contributed by atoms with Crippen LogP contribution in [0, 0.1) is 16.7 Å². The zero-order chi connectivity index (χ0) is 15.7. The van der Waals surface area contributed by atoms with Crippen molar-refractivity contribution in [2.75, 3.05) is 0 Å².